The predicted molar refractivity (Wildman–Crippen MR) is 87.3 cm³/mol. The summed E-state index contributed by atoms with van der Waals surface area (Å²) in [5.74, 6) is 0.745. The lowest BCUT2D eigenvalue weighted by Crippen LogP contribution is -2.30. The van der Waals surface area contributed by atoms with Gasteiger partial charge in [0.15, 0.2) is 11.5 Å². The molecule has 0 bridgehead atoms. The van der Waals surface area contributed by atoms with Crippen molar-refractivity contribution in [1.82, 2.24) is 10.6 Å². The third-order valence-electron chi connectivity index (χ3n) is 2.60. The van der Waals surface area contributed by atoms with Crippen LogP contribution in [0, 0.1) is 0 Å². The molecule has 0 fully saturated rings. The molecule has 0 heterocycles. The molecule has 0 saturated heterocycles. The Bertz CT molecular complexity index is 456. The molecule has 120 valence electrons. The van der Waals surface area contributed by atoms with Crippen molar-refractivity contribution in [3.8, 4) is 11.5 Å². The number of carbonyl (C=O) groups excluding carboxylic acids is 1. The fourth-order valence-electron chi connectivity index (χ4n) is 1.60. The van der Waals surface area contributed by atoms with E-state index in [1.54, 1.807) is 12.1 Å². The standard InChI is InChI=1S/C14H21ClN2O3.ClH/c1-4-7-20-13-11(15)8-10(9-12(13)19-3)14(18)17-6-5-16-2;/h8-9,16H,4-7H2,1-3H3,(H,17,18);1H. The van der Waals surface area contributed by atoms with E-state index in [0.717, 1.165) is 6.42 Å². The Morgan fingerprint density at radius 2 is 2.05 bits per heavy atom. The predicted octanol–water partition coefficient (Wildman–Crippen LogP) is 2.51. The van der Waals surface area contributed by atoms with Crippen LogP contribution in [0.2, 0.25) is 5.02 Å². The minimum absolute atomic E-state index is 0. The molecule has 21 heavy (non-hydrogen) atoms. The SMILES string of the molecule is CCCOc1c(Cl)cc(C(=O)NCCNC)cc1OC.Cl. The number of nitrogens with one attached hydrogen (secondary N) is 2. The highest BCUT2D eigenvalue weighted by Crippen LogP contribution is 2.36. The van der Waals surface area contributed by atoms with Gasteiger partial charge in [0.05, 0.1) is 18.7 Å². The van der Waals surface area contributed by atoms with Crippen molar-refractivity contribution in [3.63, 3.8) is 0 Å². The number of hydrogen-bond donors (Lipinski definition) is 2. The maximum absolute atomic E-state index is 12.0. The minimum atomic E-state index is -0.192. The van der Waals surface area contributed by atoms with Gasteiger partial charge in [0, 0.05) is 18.7 Å². The van der Waals surface area contributed by atoms with Crippen molar-refractivity contribution < 1.29 is 14.3 Å². The Hall–Kier alpha value is -1.17. The molecule has 0 spiro atoms. The largest absolute Gasteiger partial charge is 0.493 e. The molecule has 0 aliphatic rings. The average molecular weight is 337 g/mol. The highest BCUT2D eigenvalue weighted by atomic mass is 35.5. The van der Waals surface area contributed by atoms with E-state index in [2.05, 4.69) is 10.6 Å². The normalized spacial score (nSPS) is 9.71. The lowest BCUT2D eigenvalue weighted by atomic mass is 10.2. The van der Waals surface area contributed by atoms with Crippen molar-refractivity contribution in [2.75, 3.05) is 33.9 Å². The molecule has 0 saturated carbocycles. The maximum atomic E-state index is 12.0. The summed E-state index contributed by atoms with van der Waals surface area (Å²) < 4.78 is 10.8. The zero-order valence-electron chi connectivity index (χ0n) is 12.5. The number of methoxy groups -OCH3 is 1. The van der Waals surface area contributed by atoms with Gasteiger partial charge in [0.25, 0.3) is 5.91 Å². The van der Waals surface area contributed by atoms with Crippen molar-refractivity contribution in [1.29, 1.82) is 0 Å². The van der Waals surface area contributed by atoms with Crippen LogP contribution in [0.25, 0.3) is 0 Å². The lowest BCUT2D eigenvalue weighted by Gasteiger charge is -2.13. The second-order valence-corrected chi connectivity index (χ2v) is 4.60. The molecule has 0 radical (unpaired) electrons. The lowest BCUT2D eigenvalue weighted by molar-refractivity contribution is 0.0953. The molecule has 2 N–H and O–H groups in total. The summed E-state index contributed by atoms with van der Waals surface area (Å²) in [5.41, 5.74) is 0.451. The van der Waals surface area contributed by atoms with Crippen LogP contribution in [0.15, 0.2) is 12.1 Å². The highest BCUT2D eigenvalue weighted by Gasteiger charge is 2.15. The monoisotopic (exact) mass is 336 g/mol. The molecule has 5 nitrogen and oxygen atoms in total. The molecular formula is C14H22Cl2N2O3. The van der Waals surface area contributed by atoms with Gasteiger partial charge < -0.3 is 20.1 Å². The van der Waals surface area contributed by atoms with Gasteiger partial charge in [-0.2, -0.15) is 0 Å². The summed E-state index contributed by atoms with van der Waals surface area (Å²) >= 11 is 6.16. The van der Waals surface area contributed by atoms with Crippen molar-refractivity contribution >= 4 is 29.9 Å². The third-order valence-corrected chi connectivity index (χ3v) is 2.88. The number of ether oxygens (including phenoxy) is 2. The Balaban J connectivity index is 0.00000400. The van der Waals surface area contributed by atoms with Gasteiger partial charge in [-0.1, -0.05) is 18.5 Å². The molecule has 0 aliphatic carbocycles. The molecule has 1 amide bonds. The Kier molecular flexibility index (Phi) is 9.95. The quantitative estimate of drug-likeness (QED) is 0.716. The van der Waals surface area contributed by atoms with E-state index in [1.165, 1.54) is 7.11 Å². The van der Waals surface area contributed by atoms with E-state index in [1.807, 2.05) is 14.0 Å². The summed E-state index contributed by atoms with van der Waals surface area (Å²) in [7, 11) is 3.35. The van der Waals surface area contributed by atoms with Crippen LogP contribution in [-0.4, -0.2) is 39.8 Å². The van der Waals surface area contributed by atoms with E-state index in [9.17, 15) is 4.79 Å². The number of benzene rings is 1. The van der Waals surface area contributed by atoms with Crippen LogP contribution in [0.5, 0.6) is 11.5 Å². The van der Waals surface area contributed by atoms with Crippen LogP contribution >= 0.6 is 24.0 Å². The van der Waals surface area contributed by atoms with Crippen molar-refractivity contribution in [3.05, 3.63) is 22.7 Å². The topological polar surface area (TPSA) is 59.6 Å². The Morgan fingerprint density at radius 1 is 1.33 bits per heavy atom. The van der Waals surface area contributed by atoms with Gasteiger partial charge in [-0.25, -0.2) is 0 Å². The van der Waals surface area contributed by atoms with Gasteiger partial charge in [0.1, 0.15) is 0 Å². The highest BCUT2D eigenvalue weighted by molar-refractivity contribution is 6.32. The van der Waals surface area contributed by atoms with Gasteiger partial charge >= 0.3 is 0 Å². The summed E-state index contributed by atoms with van der Waals surface area (Å²) in [5, 5.41) is 6.11. The summed E-state index contributed by atoms with van der Waals surface area (Å²) in [6, 6.07) is 3.22. The van der Waals surface area contributed by atoms with E-state index in [-0.39, 0.29) is 18.3 Å². The van der Waals surface area contributed by atoms with Crippen molar-refractivity contribution in [2.24, 2.45) is 0 Å². The average Bonchev–Trinajstić information content (AvgIpc) is 2.45. The van der Waals surface area contributed by atoms with E-state index in [0.29, 0.717) is 41.8 Å². The second kappa shape index (κ2) is 10.5. The molecular weight excluding hydrogens is 315 g/mol. The number of carbonyl (C=O) groups is 1. The third kappa shape index (κ3) is 5.99. The first kappa shape index (κ1) is 19.8. The fraction of sp³-hybridized carbons (Fsp3) is 0.500. The minimum Gasteiger partial charge on any atom is -0.493 e. The van der Waals surface area contributed by atoms with E-state index in [4.69, 9.17) is 21.1 Å². The summed E-state index contributed by atoms with van der Waals surface area (Å²) in [6.45, 7) is 3.80. The summed E-state index contributed by atoms with van der Waals surface area (Å²) in [6.07, 6.45) is 0.867. The van der Waals surface area contributed by atoms with Crippen LogP contribution in [0.1, 0.15) is 23.7 Å². The molecule has 7 heteroatoms. The summed E-state index contributed by atoms with van der Waals surface area (Å²) in [4.78, 5) is 12.0. The molecule has 0 aromatic heterocycles. The number of hydrogen-bond acceptors (Lipinski definition) is 4. The Labute approximate surface area is 136 Å². The van der Waals surface area contributed by atoms with Crippen LogP contribution < -0.4 is 20.1 Å². The zero-order chi connectivity index (χ0) is 15.0. The Morgan fingerprint density at radius 3 is 2.62 bits per heavy atom. The smallest absolute Gasteiger partial charge is 0.251 e. The van der Waals surface area contributed by atoms with Crippen molar-refractivity contribution in [2.45, 2.75) is 13.3 Å². The van der Waals surface area contributed by atoms with Crippen LogP contribution in [-0.2, 0) is 0 Å². The van der Waals surface area contributed by atoms with Crippen LogP contribution in [0.3, 0.4) is 0 Å². The molecule has 1 aromatic rings. The molecule has 1 rings (SSSR count). The second-order valence-electron chi connectivity index (χ2n) is 4.20. The van der Waals surface area contributed by atoms with Gasteiger partial charge in [0.2, 0.25) is 0 Å². The fourth-order valence-corrected chi connectivity index (χ4v) is 1.86. The van der Waals surface area contributed by atoms with E-state index < -0.39 is 0 Å². The van der Waals surface area contributed by atoms with E-state index >= 15 is 0 Å². The van der Waals surface area contributed by atoms with Gasteiger partial charge in [-0.3, -0.25) is 4.79 Å². The molecule has 0 unspecified atom stereocenters. The number of rotatable bonds is 8. The number of amides is 1. The molecule has 1 aromatic carbocycles. The van der Waals surface area contributed by atoms with Crippen LogP contribution in [0.4, 0.5) is 0 Å². The van der Waals surface area contributed by atoms with Gasteiger partial charge in [-0.05, 0) is 25.6 Å². The first-order valence-corrected chi connectivity index (χ1v) is 6.95. The first-order chi connectivity index (χ1) is 9.63. The first-order valence-electron chi connectivity index (χ1n) is 6.57. The van der Waals surface area contributed by atoms with Gasteiger partial charge in [-0.15, -0.1) is 12.4 Å². The number of likely N-dealkylation sites (N-methyl/N-ethyl adjacent to an activating group) is 1. The molecule has 0 atom stereocenters. The zero-order valence-corrected chi connectivity index (χ0v) is 14.1. The molecule has 0 aliphatic heterocycles. The maximum Gasteiger partial charge on any atom is 0.251 e. The number of halogens is 2.